The lowest BCUT2D eigenvalue weighted by molar-refractivity contribution is 0.221. The van der Waals surface area contributed by atoms with Gasteiger partial charge in [-0.25, -0.2) is 0 Å². The summed E-state index contributed by atoms with van der Waals surface area (Å²) in [7, 11) is 0. The lowest BCUT2D eigenvalue weighted by Gasteiger charge is -2.36. The summed E-state index contributed by atoms with van der Waals surface area (Å²) in [6, 6.07) is 0. The summed E-state index contributed by atoms with van der Waals surface area (Å²) in [6.45, 7) is 6.60. The fraction of sp³-hybridized carbons (Fsp3) is 1.00. The van der Waals surface area contributed by atoms with Crippen molar-refractivity contribution in [3.8, 4) is 0 Å². The molecule has 0 radical (unpaired) electrons. The van der Waals surface area contributed by atoms with Crippen LogP contribution in [0.15, 0.2) is 0 Å². The monoisotopic (exact) mass is 187 g/mol. The summed E-state index contributed by atoms with van der Waals surface area (Å²) in [5, 5.41) is 3.35. The van der Waals surface area contributed by atoms with Crippen LogP contribution in [0, 0.1) is 11.8 Å². The summed E-state index contributed by atoms with van der Waals surface area (Å²) < 4.78 is 0. The van der Waals surface area contributed by atoms with Gasteiger partial charge in [0.05, 0.1) is 0 Å². The van der Waals surface area contributed by atoms with Gasteiger partial charge in [-0.2, -0.15) is 11.8 Å². The molecule has 0 unspecified atom stereocenters. The highest BCUT2D eigenvalue weighted by Crippen LogP contribution is 2.30. The minimum Gasteiger partial charge on any atom is -0.316 e. The van der Waals surface area contributed by atoms with E-state index in [1.165, 1.54) is 37.4 Å². The normalized spacial score (nSPS) is 25.5. The van der Waals surface area contributed by atoms with Gasteiger partial charge in [-0.15, -0.1) is 0 Å². The maximum Gasteiger partial charge on any atom is -0.000558 e. The van der Waals surface area contributed by atoms with Gasteiger partial charge in [-0.3, -0.25) is 0 Å². The topological polar surface area (TPSA) is 12.0 Å². The Morgan fingerprint density at radius 2 is 1.58 bits per heavy atom. The first kappa shape index (κ1) is 10.4. The lowest BCUT2D eigenvalue weighted by Crippen LogP contribution is -2.46. The van der Waals surface area contributed by atoms with Crippen LogP contribution in [-0.2, 0) is 0 Å². The minimum absolute atomic E-state index is 1.04. The van der Waals surface area contributed by atoms with Gasteiger partial charge >= 0.3 is 0 Å². The molecule has 2 aliphatic heterocycles. The molecule has 2 saturated heterocycles. The summed E-state index contributed by atoms with van der Waals surface area (Å²) in [6.07, 6.45) is 2.97. The van der Waals surface area contributed by atoms with Crippen LogP contribution in [0.25, 0.3) is 0 Å². The van der Waals surface area contributed by atoms with Crippen LogP contribution in [0.1, 0.15) is 26.7 Å². The molecule has 0 amide bonds. The Morgan fingerprint density at radius 3 is 2.00 bits per heavy atom. The van der Waals surface area contributed by atoms with E-state index in [0.29, 0.717) is 0 Å². The maximum atomic E-state index is 3.35. The molecule has 2 aliphatic rings. The molecule has 2 heterocycles. The highest BCUT2D eigenvalue weighted by Gasteiger charge is 2.27. The van der Waals surface area contributed by atoms with E-state index in [4.69, 9.17) is 0 Å². The molecule has 0 aromatic rings. The highest BCUT2D eigenvalue weighted by molar-refractivity contribution is 7.99. The number of thioether (sulfide) groups is 1. The second-order valence-corrected chi connectivity index (χ2v) is 4.59. The first-order chi connectivity index (χ1) is 5.97. The predicted molar refractivity (Wildman–Crippen MR) is 57.8 cm³/mol. The van der Waals surface area contributed by atoms with E-state index in [2.05, 4.69) is 17.1 Å². The van der Waals surface area contributed by atoms with Gasteiger partial charge in [0.2, 0.25) is 0 Å². The molecule has 1 nitrogen and oxygen atoms in total. The van der Waals surface area contributed by atoms with Gasteiger partial charge in [0.1, 0.15) is 0 Å². The number of nitrogens with one attached hydrogen (secondary N) is 1. The molecule has 0 bridgehead atoms. The van der Waals surface area contributed by atoms with Gasteiger partial charge in [-0.1, -0.05) is 13.8 Å². The van der Waals surface area contributed by atoms with E-state index < -0.39 is 0 Å². The molecule has 0 aromatic heterocycles. The van der Waals surface area contributed by atoms with E-state index >= 15 is 0 Å². The van der Waals surface area contributed by atoms with Crippen LogP contribution in [0.3, 0.4) is 0 Å². The second kappa shape index (κ2) is 5.87. The first-order valence-electron chi connectivity index (χ1n) is 5.25. The standard InChI is InChI=1S/C8H15NS.C2H6/c1-3-10-4-2-7(1)8-5-9-6-8;1-2/h7-9H,1-6H2;1-2H3. The Bertz CT molecular complexity index is 106. The van der Waals surface area contributed by atoms with Crippen molar-refractivity contribution in [3.05, 3.63) is 0 Å². The SMILES string of the molecule is C1CC(C2CNC2)CCS1.CC. The fourth-order valence-corrected chi connectivity index (χ4v) is 2.97. The van der Waals surface area contributed by atoms with E-state index in [9.17, 15) is 0 Å². The molecule has 72 valence electrons. The van der Waals surface area contributed by atoms with E-state index in [1.54, 1.807) is 0 Å². The highest BCUT2D eigenvalue weighted by atomic mass is 32.2. The zero-order valence-electron chi connectivity index (χ0n) is 8.31. The Hall–Kier alpha value is 0.310. The maximum absolute atomic E-state index is 3.35. The molecule has 0 saturated carbocycles. The van der Waals surface area contributed by atoms with Crippen molar-refractivity contribution in [1.82, 2.24) is 5.32 Å². The molecular formula is C10H21NS. The van der Waals surface area contributed by atoms with Gasteiger partial charge in [0, 0.05) is 0 Å². The van der Waals surface area contributed by atoms with Crippen LogP contribution in [0.5, 0.6) is 0 Å². The Kier molecular flexibility index (Phi) is 5.08. The number of hydrogen-bond donors (Lipinski definition) is 1. The van der Waals surface area contributed by atoms with E-state index in [0.717, 1.165) is 11.8 Å². The molecular weight excluding hydrogens is 166 g/mol. The van der Waals surface area contributed by atoms with Crippen molar-refractivity contribution in [2.45, 2.75) is 26.7 Å². The minimum atomic E-state index is 1.04. The Balaban J connectivity index is 0.000000336. The van der Waals surface area contributed by atoms with Crippen molar-refractivity contribution in [1.29, 1.82) is 0 Å². The van der Waals surface area contributed by atoms with Crippen LogP contribution >= 0.6 is 11.8 Å². The largest absolute Gasteiger partial charge is 0.316 e. The van der Waals surface area contributed by atoms with Crippen molar-refractivity contribution in [2.24, 2.45) is 11.8 Å². The first-order valence-corrected chi connectivity index (χ1v) is 6.41. The van der Waals surface area contributed by atoms with E-state index in [1.807, 2.05) is 13.8 Å². The fourth-order valence-electron chi connectivity index (χ4n) is 1.83. The summed E-state index contributed by atoms with van der Waals surface area (Å²) in [4.78, 5) is 0. The third-order valence-corrected chi connectivity index (χ3v) is 3.79. The van der Waals surface area contributed by atoms with Crippen LogP contribution < -0.4 is 5.32 Å². The molecule has 2 heteroatoms. The van der Waals surface area contributed by atoms with E-state index in [-0.39, 0.29) is 0 Å². The van der Waals surface area contributed by atoms with Crippen molar-refractivity contribution in [2.75, 3.05) is 24.6 Å². The molecule has 0 atom stereocenters. The smallest absolute Gasteiger partial charge is 0.000558 e. The second-order valence-electron chi connectivity index (χ2n) is 3.37. The summed E-state index contributed by atoms with van der Waals surface area (Å²) >= 11 is 2.13. The quantitative estimate of drug-likeness (QED) is 0.676. The van der Waals surface area contributed by atoms with Crippen LogP contribution in [-0.4, -0.2) is 24.6 Å². The average molecular weight is 187 g/mol. The molecule has 0 aromatic carbocycles. The zero-order valence-corrected chi connectivity index (χ0v) is 9.12. The Labute approximate surface area is 80.7 Å². The molecule has 2 rings (SSSR count). The molecule has 12 heavy (non-hydrogen) atoms. The van der Waals surface area contributed by atoms with Crippen molar-refractivity contribution in [3.63, 3.8) is 0 Å². The summed E-state index contributed by atoms with van der Waals surface area (Å²) in [5.74, 6) is 4.95. The van der Waals surface area contributed by atoms with Gasteiger partial charge in [0.15, 0.2) is 0 Å². The van der Waals surface area contributed by atoms with Gasteiger partial charge < -0.3 is 5.32 Å². The zero-order chi connectivity index (χ0) is 8.81. The lowest BCUT2D eigenvalue weighted by atomic mass is 9.83. The molecule has 0 spiro atoms. The number of hydrogen-bond acceptors (Lipinski definition) is 2. The van der Waals surface area contributed by atoms with Crippen molar-refractivity contribution < 1.29 is 0 Å². The van der Waals surface area contributed by atoms with Gasteiger partial charge in [0.25, 0.3) is 0 Å². The third-order valence-electron chi connectivity index (χ3n) is 2.75. The third kappa shape index (κ3) is 2.67. The molecule has 0 aliphatic carbocycles. The van der Waals surface area contributed by atoms with Crippen molar-refractivity contribution >= 4 is 11.8 Å². The van der Waals surface area contributed by atoms with Crippen LogP contribution in [0.4, 0.5) is 0 Å². The molecule has 1 N–H and O–H groups in total. The predicted octanol–water partition coefficient (Wildman–Crippen LogP) is 2.38. The number of rotatable bonds is 1. The summed E-state index contributed by atoms with van der Waals surface area (Å²) in [5.41, 5.74) is 0. The van der Waals surface area contributed by atoms with Crippen LogP contribution in [0.2, 0.25) is 0 Å². The Morgan fingerprint density at radius 1 is 1.00 bits per heavy atom. The average Bonchev–Trinajstić information content (AvgIpc) is 2.07. The van der Waals surface area contributed by atoms with Gasteiger partial charge in [-0.05, 0) is 49.3 Å². The molecule has 2 fully saturated rings.